The van der Waals surface area contributed by atoms with E-state index < -0.39 is 11.7 Å². The number of aromatic nitrogens is 2. The normalized spacial score (nSPS) is 12.3. The Balaban J connectivity index is 2.75. The van der Waals surface area contributed by atoms with Gasteiger partial charge in [-0.1, -0.05) is 0 Å². The lowest BCUT2D eigenvalue weighted by atomic mass is 10.1. The van der Waals surface area contributed by atoms with E-state index in [2.05, 4.69) is 21.0 Å². The summed E-state index contributed by atoms with van der Waals surface area (Å²) in [5.41, 5.74) is -0.139. The molecule has 0 bridgehead atoms. The minimum atomic E-state index is -4.34. The molecule has 0 unspecified atom stereocenters. The first-order valence-electron chi connectivity index (χ1n) is 4.08. The zero-order valence-corrected chi connectivity index (χ0v) is 9.22. The second-order valence-corrected chi connectivity index (χ2v) is 3.95. The van der Waals surface area contributed by atoms with Crippen LogP contribution in [-0.4, -0.2) is 9.78 Å². The Labute approximate surface area is 91.8 Å². The van der Waals surface area contributed by atoms with Crippen LogP contribution in [0.5, 0.6) is 0 Å². The molecule has 1 heterocycles. The Hall–Kier alpha value is -1.04. The molecule has 1 aromatic heterocycles. The van der Waals surface area contributed by atoms with Crippen molar-refractivity contribution in [3.63, 3.8) is 0 Å². The maximum atomic E-state index is 12.5. The average molecular weight is 279 g/mol. The Kier molecular flexibility index (Phi) is 2.26. The van der Waals surface area contributed by atoms with E-state index in [4.69, 9.17) is 0 Å². The molecule has 6 heteroatoms. The van der Waals surface area contributed by atoms with E-state index in [1.54, 1.807) is 13.2 Å². The van der Waals surface area contributed by atoms with Crippen molar-refractivity contribution in [3.8, 4) is 0 Å². The van der Waals surface area contributed by atoms with Crippen LogP contribution < -0.4 is 0 Å². The van der Waals surface area contributed by atoms with Crippen LogP contribution in [0.15, 0.2) is 22.8 Å². The average Bonchev–Trinajstić information content (AvgIpc) is 2.44. The molecule has 0 amide bonds. The fraction of sp³-hybridized carbons (Fsp3) is 0.222. The SMILES string of the molecule is Cn1cc2c(Br)c(C(F)(F)F)ccc2n1. The third kappa shape index (κ3) is 1.73. The maximum absolute atomic E-state index is 12.5. The molecule has 2 nitrogen and oxygen atoms in total. The van der Waals surface area contributed by atoms with E-state index in [-0.39, 0.29) is 4.47 Å². The van der Waals surface area contributed by atoms with Gasteiger partial charge in [0.1, 0.15) is 0 Å². The first kappa shape index (κ1) is 10.5. The van der Waals surface area contributed by atoms with Crippen molar-refractivity contribution in [1.29, 1.82) is 0 Å². The van der Waals surface area contributed by atoms with Crippen LogP contribution in [0.3, 0.4) is 0 Å². The van der Waals surface area contributed by atoms with Crippen LogP contribution in [0.1, 0.15) is 5.56 Å². The van der Waals surface area contributed by atoms with Gasteiger partial charge in [0.15, 0.2) is 0 Å². The van der Waals surface area contributed by atoms with E-state index in [1.807, 2.05) is 0 Å². The highest BCUT2D eigenvalue weighted by molar-refractivity contribution is 9.10. The second-order valence-electron chi connectivity index (χ2n) is 3.16. The van der Waals surface area contributed by atoms with Gasteiger partial charge in [0, 0.05) is 23.1 Å². The smallest absolute Gasteiger partial charge is 0.275 e. The number of hydrogen-bond acceptors (Lipinski definition) is 1. The fourth-order valence-electron chi connectivity index (χ4n) is 1.40. The Bertz CT molecular complexity index is 516. The molecular weight excluding hydrogens is 273 g/mol. The topological polar surface area (TPSA) is 17.8 Å². The van der Waals surface area contributed by atoms with Gasteiger partial charge in [-0.3, -0.25) is 4.68 Å². The summed E-state index contributed by atoms with van der Waals surface area (Å²) >= 11 is 2.96. The van der Waals surface area contributed by atoms with Gasteiger partial charge in [0.25, 0.3) is 0 Å². The van der Waals surface area contributed by atoms with Gasteiger partial charge in [0.2, 0.25) is 0 Å². The van der Waals surface area contributed by atoms with Crippen molar-refractivity contribution in [2.45, 2.75) is 6.18 Å². The van der Waals surface area contributed by atoms with Gasteiger partial charge >= 0.3 is 6.18 Å². The Morgan fingerprint density at radius 2 is 2.00 bits per heavy atom. The number of benzene rings is 1. The van der Waals surface area contributed by atoms with Crippen molar-refractivity contribution in [2.24, 2.45) is 7.05 Å². The third-order valence-electron chi connectivity index (χ3n) is 2.04. The quantitative estimate of drug-likeness (QED) is 0.723. The van der Waals surface area contributed by atoms with Crippen LogP contribution in [0.4, 0.5) is 13.2 Å². The summed E-state index contributed by atoms with van der Waals surface area (Å²) in [6, 6.07) is 2.39. The summed E-state index contributed by atoms with van der Waals surface area (Å²) in [5, 5.41) is 4.48. The van der Waals surface area contributed by atoms with Gasteiger partial charge in [-0.15, -0.1) is 0 Å². The van der Waals surface area contributed by atoms with Crippen LogP contribution in [-0.2, 0) is 13.2 Å². The first-order valence-corrected chi connectivity index (χ1v) is 4.88. The molecule has 0 fully saturated rings. The van der Waals surface area contributed by atoms with Gasteiger partial charge in [-0.05, 0) is 28.1 Å². The van der Waals surface area contributed by atoms with Crippen molar-refractivity contribution in [1.82, 2.24) is 9.78 Å². The summed E-state index contributed by atoms with van der Waals surface area (Å²) in [4.78, 5) is 0. The number of aryl methyl sites for hydroxylation is 1. The van der Waals surface area contributed by atoms with Crippen molar-refractivity contribution in [3.05, 3.63) is 28.4 Å². The molecule has 0 spiro atoms. The lowest BCUT2D eigenvalue weighted by Crippen LogP contribution is -2.05. The molecule has 0 aliphatic carbocycles. The number of rotatable bonds is 0. The summed E-state index contributed by atoms with van der Waals surface area (Å²) in [5.74, 6) is 0. The molecule has 15 heavy (non-hydrogen) atoms. The minimum Gasteiger partial charge on any atom is -0.275 e. The van der Waals surface area contributed by atoms with Crippen molar-refractivity contribution < 1.29 is 13.2 Å². The predicted molar refractivity (Wildman–Crippen MR) is 53.4 cm³/mol. The summed E-state index contributed by atoms with van der Waals surface area (Å²) < 4.78 is 39.1. The first-order chi connectivity index (χ1) is 6.89. The fourth-order valence-corrected chi connectivity index (χ4v) is 2.06. The number of fused-ring (bicyclic) bond motifs is 1. The molecule has 1 aromatic carbocycles. The molecule has 0 aliphatic rings. The van der Waals surface area contributed by atoms with Gasteiger partial charge in [-0.25, -0.2) is 0 Å². The van der Waals surface area contributed by atoms with Crippen LogP contribution >= 0.6 is 15.9 Å². The van der Waals surface area contributed by atoms with Crippen LogP contribution in [0.2, 0.25) is 0 Å². The van der Waals surface area contributed by atoms with Gasteiger partial charge in [-0.2, -0.15) is 18.3 Å². The van der Waals surface area contributed by atoms with Crippen molar-refractivity contribution >= 4 is 26.8 Å². The number of hydrogen-bond donors (Lipinski definition) is 0. The van der Waals surface area contributed by atoms with Gasteiger partial charge < -0.3 is 0 Å². The molecule has 0 saturated carbocycles. The molecule has 2 aromatic rings. The number of alkyl halides is 3. The third-order valence-corrected chi connectivity index (χ3v) is 2.90. The second kappa shape index (κ2) is 3.23. The Morgan fingerprint density at radius 3 is 2.60 bits per heavy atom. The van der Waals surface area contributed by atoms with Crippen LogP contribution in [0, 0.1) is 0 Å². The number of halogens is 4. The zero-order chi connectivity index (χ0) is 11.2. The standard InChI is InChI=1S/C9H6BrF3N2/c1-15-4-5-7(14-15)3-2-6(8(5)10)9(11,12)13/h2-4H,1H3. The molecule has 0 saturated heterocycles. The van der Waals surface area contributed by atoms with E-state index in [0.717, 1.165) is 6.07 Å². The molecule has 0 aliphatic heterocycles. The lowest BCUT2D eigenvalue weighted by Gasteiger charge is -2.08. The van der Waals surface area contributed by atoms with E-state index >= 15 is 0 Å². The molecular formula is C9H6BrF3N2. The molecule has 0 N–H and O–H groups in total. The summed E-state index contributed by atoms with van der Waals surface area (Å²) in [7, 11) is 1.67. The molecule has 2 rings (SSSR count). The monoisotopic (exact) mass is 278 g/mol. The van der Waals surface area contributed by atoms with Crippen molar-refractivity contribution in [2.75, 3.05) is 0 Å². The zero-order valence-electron chi connectivity index (χ0n) is 7.64. The molecule has 80 valence electrons. The highest BCUT2D eigenvalue weighted by Gasteiger charge is 2.33. The van der Waals surface area contributed by atoms with Gasteiger partial charge in [0.05, 0.1) is 11.1 Å². The summed E-state index contributed by atoms with van der Waals surface area (Å²) in [6.07, 6.45) is -2.79. The largest absolute Gasteiger partial charge is 0.417 e. The number of nitrogens with zero attached hydrogens (tertiary/aromatic N) is 2. The van der Waals surface area contributed by atoms with E-state index in [9.17, 15) is 13.2 Å². The van der Waals surface area contributed by atoms with Crippen LogP contribution in [0.25, 0.3) is 10.9 Å². The maximum Gasteiger partial charge on any atom is 0.417 e. The molecule has 0 radical (unpaired) electrons. The molecule has 0 atom stereocenters. The summed E-state index contributed by atoms with van der Waals surface area (Å²) in [6.45, 7) is 0. The van der Waals surface area contributed by atoms with E-state index in [0.29, 0.717) is 10.9 Å². The van der Waals surface area contributed by atoms with E-state index in [1.165, 1.54) is 10.7 Å². The lowest BCUT2D eigenvalue weighted by molar-refractivity contribution is -0.138. The highest BCUT2D eigenvalue weighted by Crippen LogP contribution is 2.38. The Morgan fingerprint density at radius 1 is 1.33 bits per heavy atom. The minimum absolute atomic E-state index is 0.0422. The predicted octanol–water partition coefficient (Wildman–Crippen LogP) is 3.35. The highest BCUT2D eigenvalue weighted by atomic mass is 79.9.